The molecule has 0 saturated carbocycles. The molecule has 198 valence electrons. The monoisotopic (exact) mass is 518 g/mol. The molecule has 2 aromatic carbocycles. The summed E-state index contributed by atoms with van der Waals surface area (Å²) >= 11 is 0. The number of hydrogen-bond acceptors (Lipinski definition) is 9. The van der Waals surface area contributed by atoms with Crippen LogP contribution in [0.2, 0.25) is 0 Å². The number of benzene rings is 2. The van der Waals surface area contributed by atoms with E-state index < -0.39 is 23.3 Å². The van der Waals surface area contributed by atoms with E-state index in [4.69, 9.17) is 24.4 Å². The standard InChI is InChI=1S/C29H30N2O7/c1-14-10-19(32)24-21(35-14)13-20-18(25(24)33)12-22(28(2,3)37-20)36-27(34)29(4)23(38-29)11-15-6-5-7-17-16(15)8-9-31-26(17)30/h5-10,13,22-23,26,31,33H,11-12,30H2,1-4H3/t22-,23-,26+,29-/m1/s1. The van der Waals surface area contributed by atoms with Gasteiger partial charge in [0.1, 0.15) is 52.2 Å². The molecule has 3 aliphatic heterocycles. The zero-order chi connectivity index (χ0) is 27.0. The molecule has 3 aliphatic rings. The van der Waals surface area contributed by atoms with Gasteiger partial charge in [0, 0.05) is 30.5 Å². The lowest BCUT2D eigenvalue weighted by Crippen LogP contribution is -2.50. The second-order valence-electron chi connectivity index (χ2n) is 10.9. The number of fused-ring (bicyclic) bond motifs is 3. The predicted octanol–water partition coefficient (Wildman–Crippen LogP) is 3.36. The molecule has 1 saturated heterocycles. The van der Waals surface area contributed by atoms with Crippen molar-refractivity contribution in [1.29, 1.82) is 0 Å². The topological polar surface area (TPSA) is 137 Å². The lowest BCUT2D eigenvalue weighted by atomic mass is 9.89. The molecule has 9 heteroatoms. The molecule has 0 amide bonds. The summed E-state index contributed by atoms with van der Waals surface area (Å²) in [6, 6.07) is 8.87. The first-order valence-electron chi connectivity index (χ1n) is 12.6. The Morgan fingerprint density at radius 1 is 1.26 bits per heavy atom. The number of aromatic hydroxyl groups is 1. The first-order valence-corrected chi connectivity index (χ1v) is 12.6. The van der Waals surface area contributed by atoms with Gasteiger partial charge in [0.25, 0.3) is 0 Å². The number of nitrogens with one attached hydrogen (secondary N) is 1. The molecule has 0 bridgehead atoms. The number of hydrogen-bond donors (Lipinski definition) is 3. The number of phenols is 1. The van der Waals surface area contributed by atoms with Crippen molar-refractivity contribution in [2.75, 3.05) is 0 Å². The molecule has 0 unspecified atom stereocenters. The van der Waals surface area contributed by atoms with Crippen LogP contribution in [0.5, 0.6) is 11.5 Å². The van der Waals surface area contributed by atoms with Gasteiger partial charge in [-0.1, -0.05) is 18.2 Å². The van der Waals surface area contributed by atoms with Crippen LogP contribution < -0.4 is 21.2 Å². The van der Waals surface area contributed by atoms with Crippen molar-refractivity contribution in [2.45, 2.75) is 70.1 Å². The first-order chi connectivity index (χ1) is 18.0. The van der Waals surface area contributed by atoms with Crippen molar-refractivity contribution in [3.8, 4) is 11.5 Å². The lowest BCUT2D eigenvalue weighted by molar-refractivity contribution is -0.166. The highest BCUT2D eigenvalue weighted by molar-refractivity contribution is 5.87. The Bertz CT molecular complexity index is 1570. The smallest absolute Gasteiger partial charge is 0.341 e. The summed E-state index contributed by atoms with van der Waals surface area (Å²) in [7, 11) is 0. The van der Waals surface area contributed by atoms with Gasteiger partial charge < -0.3 is 34.8 Å². The van der Waals surface area contributed by atoms with Crippen molar-refractivity contribution >= 4 is 23.0 Å². The molecule has 9 nitrogen and oxygen atoms in total. The fraction of sp³-hybridized carbons (Fsp3) is 0.379. The molecule has 0 radical (unpaired) electrons. The van der Waals surface area contributed by atoms with Crippen molar-refractivity contribution < 1.29 is 28.5 Å². The third-order valence-electron chi connectivity index (χ3n) is 7.81. The van der Waals surface area contributed by atoms with Gasteiger partial charge in [0.2, 0.25) is 0 Å². The summed E-state index contributed by atoms with van der Waals surface area (Å²) in [4.78, 5) is 25.9. The minimum absolute atomic E-state index is 0.0791. The van der Waals surface area contributed by atoms with E-state index in [2.05, 4.69) is 5.32 Å². The highest BCUT2D eigenvalue weighted by Gasteiger charge is 2.61. The largest absolute Gasteiger partial charge is 0.507 e. The van der Waals surface area contributed by atoms with Crippen LogP contribution in [-0.2, 0) is 27.1 Å². The number of rotatable bonds is 4. The minimum atomic E-state index is -1.11. The number of nitrogens with two attached hydrogens (primary N) is 1. The van der Waals surface area contributed by atoms with Gasteiger partial charge in [-0.2, -0.15) is 0 Å². The molecule has 4 N–H and O–H groups in total. The number of ether oxygens (including phenoxy) is 3. The Morgan fingerprint density at radius 2 is 2.05 bits per heavy atom. The Morgan fingerprint density at radius 3 is 2.84 bits per heavy atom. The molecule has 4 atom stereocenters. The highest BCUT2D eigenvalue weighted by atomic mass is 16.7. The van der Waals surface area contributed by atoms with Gasteiger partial charge in [-0.3, -0.25) is 4.79 Å². The molecule has 3 aromatic rings. The maximum atomic E-state index is 13.4. The molecule has 6 rings (SSSR count). The second kappa shape index (κ2) is 8.34. The van der Waals surface area contributed by atoms with E-state index in [1.165, 1.54) is 6.07 Å². The van der Waals surface area contributed by atoms with Crippen molar-refractivity contribution in [3.63, 3.8) is 0 Å². The van der Waals surface area contributed by atoms with Crippen LogP contribution in [0.25, 0.3) is 17.0 Å². The van der Waals surface area contributed by atoms with Gasteiger partial charge >= 0.3 is 5.97 Å². The van der Waals surface area contributed by atoms with Crippen LogP contribution in [0, 0.1) is 6.92 Å². The summed E-state index contributed by atoms with van der Waals surface area (Å²) < 4.78 is 23.7. The molecular weight excluding hydrogens is 488 g/mol. The van der Waals surface area contributed by atoms with E-state index in [0.717, 1.165) is 16.7 Å². The van der Waals surface area contributed by atoms with E-state index in [1.54, 1.807) is 19.9 Å². The van der Waals surface area contributed by atoms with E-state index >= 15 is 0 Å². The summed E-state index contributed by atoms with van der Waals surface area (Å²) in [5.74, 6) is 0.107. The SMILES string of the molecule is Cc1cc(=O)c2c(O)c3c(cc2o1)OC(C)(C)[C@H](OC(=O)[C@]1(C)O[C@@H]1Cc1cccc2c1C=CN[C@@H]2N)C3. The number of esters is 1. The zero-order valence-electron chi connectivity index (χ0n) is 21.7. The fourth-order valence-corrected chi connectivity index (χ4v) is 5.43. The average molecular weight is 519 g/mol. The first kappa shape index (κ1) is 24.5. The summed E-state index contributed by atoms with van der Waals surface area (Å²) in [6.07, 6.45) is 3.14. The Kier molecular flexibility index (Phi) is 5.38. The van der Waals surface area contributed by atoms with Crippen molar-refractivity contribution in [2.24, 2.45) is 5.73 Å². The van der Waals surface area contributed by atoms with Crippen molar-refractivity contribution in [1.82, 2.24) is 5.32 Å². The van der Waals surface area contributed by atoms with Crippen molar-refractivity contribution in [3.05, 3.63) is 74.8 Å². The molecule has 1 fully saturated rings. The summed E-state index contributed by atoms with van der Waals surface area (Å²) in [5.41, 5.74) is 7.51. The maximum absolute atomic E-state index is 13.4. The van der Waals surface area contributed by atoms with Crippen LogP contribution in [0.1, 0.15) is 55.0 Å². The number of aryl methyl sites for hydroxylation is 1. The fourth-order valence-electron chi connectivity index (χ4n) is 5.43. The van der Waals surface area contributed by atoms with Gasteiger partial charge in [0.05, 0.1) is 0 Å². The predicted molar refractivity (Wildman–Crippen MR) is 140 cm³/mol. The highest BCUT2D eigenvalue weighted by Crippen LogP contribution is 2.45. The second-order valence-corrected chi connectivity index (χ2v) is 10.9. The summed E-state index contributed by atoms with van der Waals surface area (Å²) in [6.45, 7) is 7.02. The molecular formula is C29H30N2O7. The maximum Gasteiger partial charge on any atom is 0.341 e. The van der Waals surface area contributed by atoms with Gasteiger partial charge in [-0.25, -0.2) is 4.79 Å². The normalized spacial score (nSPS) is 26.6. The molecule has 1 aromatic heterocycles. The quantitative estimate of drug-likeness (QED) is 0.351. The van der Waals surface area contributed by atoms with Crippen LogP contribution in [-0.4, -0.2) is 34.5 Å². The average Bonchev–Trinajstić information content (AvgIpc) is 3.50. The van der Waals surface area contributed by atoms with E-state index in [-0.39, 0.29) is 40.8 Å². The molecule has 0 spiro atoms. The van der Waals surface area contributed by atoms with Crippen LogP contribution in [0.15, 0.2) is 45.7 Å². The van der Waals surface area contributed by atoms with Gasteiger partial charge in [-0.05, 0) is 56.7 Å². The third kappa shape index (κ3) is 3.85. The van der Waals surface area contributed by atoms with E-state index in [0.29, 0.717) is 23.5 Å². The van der Waals surface area contributed by atoms with E-state index in [9.17, 15) is 14.7 Å². The zero-order valence-corrected chi connectivity index (χ0v) is 21.7. The Balaban J connectivity index is 1.22. The van der Waals surface area contributed by atoms with Gasteiger partial charge in [-0.15, -0.1) is 0 Å². The number of phenolic OH excluding ortho intramolecular Hbond substituents is 1. The summed E-state index contributed by atoms with van der Waals surface area (Å²) in [5, 5.41) is 14.1. The number of carbonyl (C=O) groups is 1. The van der Waals surface area contributed by atoms with Crippen LogP contribution in [0.4, 0.5) is 0 Å². The Labute approximate surface area is 219 Å². The molecule has 38 heavy (non-hydrogen) atoms. The lowest BCUT2D eigenvalue weighted by Gasteiger charge is -2.39. The number of epoxide rings is 1. The van der Waals surface area contributed by atoms with Crippen LogP contribution >= 0.6 is 0 Å². The third-order valence-corrected chi connectivity index (χ3v) is 7.81. The Hall–Kier alpha value is -3.82. The van der Waals surface area contributed by atoms with E-state index in [1.807, 2.05) is 44.3 Å². The minimum Gasteiger partial charge on any atom is -0.507 e. The van der Waals surface area contributed by atoms with Crippen LogP contribution in [0.3, 0.4) is 0 Å². The van der Waals surface area contributed by atoms with Gasteiger partial charge in [0.15, 0.2) is 11.0 Å². The molecule has 4 heterocycles. The molecule has 0 aliphatic carbocycles. The number of carbonyl (C=O) groups excluding carboxylic acids is 1.